The average molecular weight is 310 g/mol. The maximum atomic E-state index is 11.1. The molecule has 1 rings (SSSR count). The van der Waals surface area contributed by atoms with Gasteiger partial charge in [0, 0.05) is 20.0 Å². The predicted octanol–water partition coefficient (Wildman–Crippen LogP) is 1.28. The lowest BCUT2D eigenvalue weighted by Crippen LogP contribution is -2.23. The van der Waals surface area contributed by atoms with E-state index >= 15 is 0 Å². The first-order valence-electron chi connectivity index (χ1n) is 7.11. The summed E-state index contributed by atoms with van der Waals surface area (Å²) in [5, 5.41) is 23.2. The monoisotopic (exact) mass is 310 g/mol. The SMILES string of the molecule is CNC(=O)CCCOc1cccc(C(O)CCNC(=O)O)c1. The molecule has 0 spiro atoms. The van der Waals surface area contributed by atoms with Crippen LogP contribution in [0.3, 0.4) is 0 Å². The van der Waals surface area contributed by atoms with E-state index in [1.165, 1.54) is 0 Å². The number of amides is 2. The summed E-state index contributed by atoms with van der Waals surface area (Å²) in [6.07, 6.45) is -0.581. The summed E-state index contributed by atoms with van der Waals surface area (Å²) >= 11 is 0. The lowest BCUT2D eigenvalue weighted by molar-refractivity contribution is -0.120. The van der Waals surface area contributed by atoms with E-state index in [2.05, 4.69) is 10.6 Å². The van der Waals surface area contributed by atoms with E-state index in [9.17, 15) is 14.7 Å². The lowest BCUT2D eigenvalue weighted by Gasteiger charge is -2.13. The summed E-state index contributed by atoms with van der Waals surface area (Å²) in [5.41, 5.74) is 0.663. The number of aliphatic hydroxyl groups is 1. The van der Waals surface area contributed by atoms with Crippen molar-refractivity contribution in [1.29, 1.82) is 0 Å². The Morgan fingerprint density at radius 1 is 1.36 bits per heavy atom. The molecule has 0 saturated carbocycles. The second kappa shape index (κ2) is 9.62. The molecule has 4 N–H and O–H groups in total. The number of carbonyl (C=O) groups is 2. The first kappa shape index (κ1) is 17.8. The van der Waals surface area contributed by atoms with Crippen molar-refractivity contribution < 1.29 is 24.5 Å². The molecule has 0 bridgehead atoms. The molecule has 2 amide bonds. The minimum Gasteiger partial charge on any atom is -0.494 e. The van der Waals surface area contributed by atoms with Crippen LogP contribution >= 0.6 is 0 Å². The number of aliphatic hydroxyl groups excluding tert-OH is 1. The summed E-state index contributed by atoms with van der Waals surface area (Å²) < 4.78 is 5.53. The van der Waals surface area contributed by atoms with Crippen LogP contribution in [0.4, 0.5) is 4.79 Å². The molecule has 0 fully saturated rings. The average Bonchev–Trinajstić information content (AvgIpc) is 2.51. The van der Waals surface area contributed by atoms with Crippen molar-refractivity contribution in [2.24, 2.45) is 0 Å². The molecule has 1 atom stereocenters. The second-order valence-corrected chi connectivity index (χ2v) is 4.73. The van der Waals surface area contributed by atoms with Crippen molar-refractivity contribution in [3.05, 3.63) is 29.8 Å². The van der Waals surface area contributed by atoms with Crippen molar-refractivity contribution in [2.75, 3.05) is 20.2 Å². The third-order valence-corrected chi connectivity index (χ3v) is 3.03. The zero-order valence-electron chi connectivity index (χ0n) is 12.5. The van der Waals surface area contributed by atoms with Gasteiger partial charge < -0.3 is 25.6 Å². The standard InChI is InChI=1S/C15H22N2O5/c1-16-14(19)6-3-9-22-12-5-2-4-11(10-12)13(18)7-8-17-15(20)21/h2,4-5,10,13,17-18H,3,6-9H2,1H3,(H,16,19)(H,20,21). The normalized spacial score (nSPS) is 11.5. The van der Waals surface area contributed by atoms with Crippen molar-refractivity contribution in [1.82, 2.24) is 10.6 Å². The van der Waals surface area contributed by atoms with E-state index in [-0.39, 0.29) is 18.9 Å². The van der Waals surface area contributed by atoms with Crippen molar-refractivity contribution in [3.63, 3.8) is 0 Å². The lowest BCUT2D eigenvalue weighted by atomic mass is 10.1. The molecule has 22 heavy (non-hydrogen) atoms. The Morgan fingerprint density at radius 3 is 2.82 bits per heavy atom. The Hall–Kier alpha value is -2.28. The number of benzene rings is 1. The Morgan fingerprint density at radius 2 is 2.14 bits per heavy atom. The fourth-order valence-electron chi connectivity index (χ4n) is 1.84. The molecule has 1 aromatic carbocycles. The van der Waals surface area contributed by atoms with E-state index in [1.807, 2.05) is 0 Å². The molecule has 1 aromatic rings. The maximum absolute atomic E-state index is 11.1. The molecule has 7 nitrogen and oxygen atoms in total. The highest BCUT2D eigenvalue weighted by Crippen LogP contribution is 2.21. The van der Waals surface area contributed by atoms with E-state index < -0.39 is 12.2 Å². The van der Waals surface area contributed by atoms with Crippen LogP contribution in [0, 0.1) is 0 Å². The third-order valence-electron chi connectivity index (χ3n) is 3.03. The molecule has 1 unspecified atom stereocenters. The molecule has 0 aromatic heterocycles. The number of hydrogen-bond donors (Lipinski definition) is 4. The topological polar surface area (TPSA) is 108 Å². The molecule has 0 aliphatic carbocycles. The number of carbonyl (C=O) groups excluding carboxylic acids is 1. The van der Waals surface area contributed by atoms with Crippen LogP contribution in [0.25, 0.3) is 0 Å². The minimum atomic E-state index is -1.11. The Bertz CT molecular complexity index is 493. The van der Waals surface area contributed by atoms with Crippen LogP contribution in [0.15, 0.2) is 24.3 Å². The fourth-order valence-corrected chi connectivity index (χ4v) is 1.84. The van der Waals surface area contributed by atoms with Gasteiger partial charge in [-0.2, -0.15) is 0 Å². The smallest absolute Gasteiger partial charge is 0.404 e. The van der Waals surface area contributed by atoms with Gasteiger partial charge in [0.25, 0.3) is 0 Å². The Balaban J connectivity index is 2.40. The zero-order chi connectivity index (χ0) is 16.4. The van der Waals surface area contributed by atoms with Gasteiger partial charge in [0.15, 0.2) is 0 Å². The summed E-state index contributed by atoms with van der Waals surface area (Å²) in [6.45, 7) is 0.585. The Labute approximate surface area is 129 Å². The number of hydrogen-bond acceptors (Lipinski definition) is 4. The minimum absolute atomic E-state index is 0.0290. The fraction of sp³-hybridized carbons (Fsp3) is 0.467. The zero-order valence-corrected chi connectivity index (χ0v) is 12.5. The maximum Gasteiger partial charge on any atom is 0.404 e. The third kappa shape index (κ3) is 6.94. The molecule has 7 heteroatoms. The van der Waals surface area contributed by atoms with Crippen LogP contribution in [0.5, 0.6) is 5.75 Å². The molecule has 0 aliphatic rings. The number of carboxylic acid groups (broad SMARTS) is 1. The predicted molar refractivity (Wildman–Crippen MR) is 80.8 cm³/mol. The molecular weight excluding hydrogens is 288 g/mol. The molecule has 0 radical (unpaired) electrons. The first-order chi connectivity index (χ1) is 10.5. The van der Waals surface area contributed by atoms with Gasteiger partial charge in [-0.05, 0) is 30.5 Å². The van der Waals surface area contributed by atoms with Crippen molar-refractivity contribution in [3.8, 4) is 5.75 Å². The molecule has 0 heterocycles. The van der Waals surface area contributed by atoms with E-state index in [1.54, 1.807) is 31.3 Å². The van der Waals surface area contributed by atoms with E-state index in [4.69, 9.17) is 9.84 Å². The van der Waals surface area contributed by atoms with Crippen LogP contribution in [0.2, 0.25) is 0 Å². The van der Waals surface area contributed by atoms with Gasteiger partial charge in [0.2, 0.25) is 5.91 Å². The van der Waals surface area contributed by atoms with E-state index in [0.29, 0.717) is 30.8 Å². The highest BCUT2D eigenvalue weighted by Gasteiger charge is 2.09. The van der Waals surface area contributed by atoms with Crippen LogP contribution in [0.1, 0.15) is 30.9 Å². The quantitative estimate of drug-likeness (QED) is 0.514. The van der Waals surface area contributed by atoms with Gasteiger partial charge in [-0.3, -0.25) is 4.79 Å². The van der Waals surface area contributed by atoms with E-state index in [0.717, 1.165) is 0 Å². The second-order valence-electron chi connectivity index (χ2n) is 4.73. The van der Waals surface area contributed by atoms with Gasteiger partial charge >= 0.3 is 6.09 Å². The van der Waals surface area contributed by atoms with Crippen LogP contribution < -0.4 is 15.4 Å². The van der Waals surface area contributed by atoms with Gasteiger partial charge in [0.1, 0.15) is 5.75 Å². The van der Waals surface area contributed by atoms with Gasteiger partial charge in [-0.1, -0.05) is 12.1 Å². The van der Waals surface area contributed by atoms with Crippen LogP contribution in [-0.2, 0) is 4.79 Å². The van der Waals surface area contributed by atoms with Crippen molar-refractivity contribution >= 4 is 12.0 Å². The van der Waals surface area contributed by atoms with Gasteiger partial charge in [-0.15, -0.1) is 0 Å². The largest absolute Gasteiger partial charge is 0.494 e. The summed E-state index contributed by atoms with van der Waals surface area (Å²) in [5.74, 6) is 0.582. The molecule has 122 valence electrons. The number of rotatable bonds is 9. The summed E-state index contributed by atoms with van der Waals surface area (Å²) in [6, 6.07) is 7.00. The molecule has 0 aliphatic heterocycles. The number of ether oxygens (including phenoxy) is 1. The van der Waals surface area contributed by atoms with Gasteiger partial charge in [0.05, 0.1) is 12.7 Å². The van der Waals surface area contributed by atoms with Crippen molar-refractivity contribution in [2.45, 2.75) is 25.4 Å². The van der Waals surface area contributed by atoms with Gasteiger partial charge in [-0.25, -0.2) is 4.79 Å². The molecular formula is C15H22N2O5. The van der Waals surface area contributed by atoms with Crippen LogP contribution in [-0.4, -0.2) is 42.4 Å². The highest BCUT2D eigenvalue weighted by atomic mass is 16.5. The molecule has 0 saturated heterocycles. The number of nitrogens with one attached hydrogen (secondary N) is 2. The summed E-state index contributed by atoms with van der Waals surface area (Å²) in [4.78, 5) is 21.4. The highest BCUT2D eigenvalue weighted by molar-refractivity contribution is 5.75. The first-order valence-corrected chi connectivity index (χ1v) is 7.11. The summed E-state index contributed by atoms with van der Waals surface area (Å²) in [7, 11) is 1.59. The Kier molecular flexibility index (Phi) is 7.77.